The molecule has 2 aromatic rings. The number of hydrogen-bond acceptors (Lipinski definition) is 5. The third-order valence-electron chi connectivity index (χ3n) is 3.27. The number of aromatic nitrogens is 4. The summed E-state index contributed by atoms with van der Waals surface area (Å²) in [5, 5.41) is 21.4. The van der Waals surface area contributed by atoms with Gasteiger partial charge in [-0.05, 0) is 25.7 Å². The summed E-state index contributed by atoms with van der Waals surface area (Å²) in [5.74, 6) is -0.546. The van der Waals surface area contributed by atoms with Crippen molar-refractivity contribution in [1.82, 2.24) is 24.9 Å². The maximum atomic E-state index is 12.0. The Kier molecular flexibility index (Phi) is 4.54. The Morgan fingerprint density at radius 2 is 2.18 bits per heavy atom. The van der Waals surface area contributed by atoms with Gasteiger partial charge < -0.3 is 15.4 Å². The van der Waals surface area contributed by atoms with E-state index in [1.165, 1.54) is 16.9 Å². The van der Waals surface area contributed by atoms with Crippen molar-refractivity contribution in [3.8, 4) is 0 Å². The van der Waals surface area contributed by atoms with Gasteiger partial charge in [-0.2, -0.15) is 9.78 Å². The molecule has 1 atom stereocenters. The van der Waals surface area contributed by atoms with E-state index in [0.717, 1.165) is 17.8 Å². The number of carbonyl (C=O) groups excluding carboxylic acids is 1. The highest BCUT2D eigenvalue weighted by molar-refractivity contribution is 5.76. The summed E-state index contributed by atoms with van der Waals surface area (Å²) in [7, 11) is 0. The first-order valence-corrected chi connectivity index (χ1v) is 6.91. The monoisotopic (exact) mass is 306 g/mol. The van der Waals surface area contributed by atoms with Gasteiger partial charge in [-0.1, -0.05) is 0 Å². The first-order valence-electron chi connectivity index (χ1n) is 6.91. The summed E-state index contributed by atoms with van der Waals surface area (Å²) in [6.45, 7) is 6.44. The molecule has 22 heavy (non-hydrogen) atoms. The second-order valence-corrected chi connectivity index (χ2v) is 4.94. The van der Waals surface area contributed by atoms with E-state index >= 15 is 0 Å². The fourth-order valence-corrected chi connectivity index (χ4v) is 2.17. The predicted molar refractivity (Wildman–Crippen MR) is 78.1 cm³/mol. The summed E-state index contributed by atoms with van der Waals surface area (Å²) < 4.78 is 3.05. The fraction of sp³-hybridized carbons (Fsp3) is 0.462. The topological polar surface area (TPSA) is 108 Å². The fourth-order valence-electron chi connectivity index (χ4n) is 2.17. The SMILES string of the molecule is CCn1cc(C(C)NC(=O)Cn2ccc([N+](=O)[O-])n2)c(C)n1. The van der Waals surface area contributed by atoms with Crippen LogP contribution in [0.4, 0.5) is 5.82 Å². The van der Waals surface area contributed by atoms with Crippen LogP contribution in [0.5, 0.6) is 0 Å². The number of carbonyl (C=O) groups is 1. The van der Waals surface area contributed by atoms with Crippen LogP contribution in [0.1, 0.15) is 31.1 Å². The number of nitro groups is 1. The number of nitrogens with zero attached hydrogens (tertiary/aromatic N) is 5. The van der Waals surface area contributed by atoms with Crippen LogP contribution in [0, 0.1) is 17.0 Å². The Morgan fingerprint density at radius 3 is 2.73 bits per heavy atom. The van der Waals surface area contributed by atoms with Gasteiger partial charge in [0, 0.05) is 18.3 Å². The molecule has 0 aliphatic heterocycles. The molecule has 0 bridgehead atoms. The van der Waals surface area contributed by atoms with Gasteiger partial charge >= 0.3 is 5.82 Å². The third kappa shape index (κ3) is 3.48. The molecule has 1 unspecified atom stereocenters. The van der Waals surface area contributed by atoms with Crippen molar-refractivity contribution >= 4 is 11.7 Å². The molecule has 2 rings (SSSR count). The van der Waals surface area contributed by atoms with E-state index in [-0.39, 0.29) is 24.3 Å². The van der Waals surface area contributed by atoms with Gasteiger partial charge in [0.05, 0.1) is 29.1 Å². The largest absolute Gasteiger partial charge is 0.389 e. The summed E-state index contributed by atoms with van der Waals surface area (Å²) in [4.78, 5) is 21.9. The lowest BCUT2D eigenvalue weighted by Crippen LogP contribution is -2.30. The van der Waals surface area contributed by atoms with E-state index in [9.17, 15) is 14.9 Å². The Labute approximate surface area is 127 Å². The molecule has 0 spiro atoms. The van der Waals surface area contributed by atoms with Crippen molar-refractivity contribution in [3.63, 3.8) is 0 Å². The lowest BCUT2D eigenvalue weighted by molar-refractivity contribution is -0.389. The molecule has 9 heteroatoms. The zero-order valence-electron chi connectivity index (χ0n) is 12.7. The molecule has 0 fully saturated rings. The van der Waals surface area contributed by atoms with Gasteiger partial charge in [0.1, 0.15) is 6.54 Å². The molecule has 1 amide bonds. The number of rotatable bonds is 6. The highest BCUT2D eigenvalue weighted by Crippen LogP contribution is 2.16. The van der Waals surface area contributed by atoms with Crippen molar-refractivity contribution < 1.29 is 9.72 Å². The summed E-state index contributed by atoms with van der Waals surface area (Å²) in [6.07, 6.45) is 3.31. The highest BCUT2D eigenvalue weighted by Gasteiger charge is 2.17. The van der Waals surface area contributed by atoms with Crippen LogP contribution in [0.2, 0.25) is 0 Å². The van der Waals surface area contributed by atoms with Gasteiger partial charge in [0.2, 0.25) is 5.91 Å². The first-order chi connectivity index (χ1) is 10.4. The molecule has 0 aliphatic carbocycles. The zero-order chi connectivity index (χ0) is 16.3. The minimum atomic E-state index is -0.598. The van der Waals surface area contributed by atoms with Gasteiger partial charge in [-0.3, -0.25) is 9.48 Å². The first kappa shape index (κ1) is 15.7. The predicted octanol–water partition coefficient (Wildman–Crippen LogP) is 1.19. The average molecular weight is 306 g/mol. The van der Waals surface area contributed by atoms with E-state index in [0.29, 0.717) is 0 Å². The molecule has 0 saturated heterocycles. The van der Waals surface area contributed by atoms with Crippen LogP contribution < -0.4 is 5.32 Å². The Bertz CT molecular complexity index is 690. The molecule has 2 heterocycles. The smallest absolute Gasteiger partial charge is 0.358 e. The number of aryl methyl sites for hydroxylation is 2. The van der Waals surface area contributed by atoms with Gasteiger partial charge in [0.25, 0.3) is 0 Å². The van der Waals surface area contributed by atoms with Crippen LogP contribution in [0.25, 0.3) is 0 Å². The second kappa shape index (κ2) is 6.37. The molecule has 0 saturated carbocycles. The molecule has 1 N–H and O–H groups in total. The normalized spacial score (nSPS) is 12.1. The molecule has 118 valence electrons. The van der Waals surface area contributed by atoms with E-state index in [2.05, 4.69) is 15.5 Å². The Balaban J connectivity index is 1.98. The molecular weight excluding hydrogens is 288 g/mol. The highest BCUT2D eigenvalue weighted by atomic mass is 16.6. The van der Waals surface area contributed by atoms with E-state index in [1.54, 1.807) is 0 Å². The zero-order valence-corrected chi connectivity index (χ0v) is 12.7. The molecule has 2 aromatic heterocycles. The van der Waals surface area contributed by atoms with Gasteiger partial charge in [-0.15, -0.1) is 0 Å². The number of nitrogens with one attached hydrogen (secondary N) is 1. The van der Waals surface area contributed by atoms with E-state index < -0.39 is 4.92 Å². The molecule has 0 radical (unpaired) electrons. The van der Waals surface area contributed by atoms with Crippen LogP contribution in [0.15, 0.2) is 18.5 Å². The third-order valence-corrected chi connectivity index (χ3v) is 3.27. The van der Waals surface area contributed by atoms with Crippen LogP contribution in [-0.2, 0) is 17.9 Å². The lowest BCUT2D eigenvalue weighted by Gasteiger charge is -2.12. The Hall–Kier alpha value is -2.71. The molecular formula is C13H18N6O3. The summed E-state index contributed by atoms with van der Waals surface area (Å²) >= 11 is 0. The summed E-state index contributed by atoms with van der Waals surface area (Å²) in [5.41, 5.74) is 1.81. The minimum Gasteiger partial charge on any atom is -0.358 e. The second-order valence-electron chi connectivity index (χ2n) is 4.94. The van der Waals surface area contributed by atoms with Crippen LogP contribution in [-0.4, -0.2) is 30.4 Å². The van der Waals surface area contributed by atoms with Gasteiger partial charge in [0.15, 0.2) is 0 Å². The van der Waals surface area contributed by atoms with Crippen LogP contribution in [0.3, 0.4) is 0 Å². The average Bonchev–Trinajstić information content (AvgIpc) is 3.05. The molecule has 0 aliphatic rings. The quantitative estimate of drug-likeness (QED) is 0.637. The molecule has 0 aromatic carbocycles. The molecule has 9 nitrogen and oxygen atoms in total. The maximum Gasteiger partial charge on any atom is 0.389 e. The summed E-state index contributed by atoms with van der Waals surface area (Å²) in [6, 6.07) is 1.06. The van der Waals surface area contributed by atoms with Crippen LogP contribution >= 0.6 is 0 Å². The standard InChI is InChI=1S/C13H18N6O3/c1-4-17-7-11(10(3)15-17)9(2)14-13(20)8-18-6-5-12(16-18)19(21)22/h5-7,9H,4,8H2,1-3H3,(H,14,20). The van der Waals surface area contributed by atoms with E-state index in [4.69, 9.17) is 0 Å². The van der Waals surface area contributed by atoms with Crippen molar-refractivity contribution in [2.75, 3.05) is 0 Å². The van der Waals surface area contributed by atoms with Crippen molar-refractivity contribution in [2.45, 2.75) is 39.9 Å². The minimum absolute atomic E-state index is 0.0703. The number of amides is 1. The number of hydrogen-bond donors (Lipinski definition) is 1. The van der Waals surface area contributed by atoms with Crippen molar-refractivity contribution in [1.29, 1.82) is 0 Å². The van der Waals surface area contributed by atoms with Gasteiger partial charge in [-0.25, -0.2) is 0 Å². The Morgan fingerprint density at radius 1 is 1.45 bits per heavy atom. The van der Waals surface area contributed by atoms with Crippen molar-refractivity contribution in [2.24, 2.45) is 0 Å². The van der Waals surface area contributed by atoms with Crippen molar-refractivity contribution in [3.05, 3.63) is 39.8 Å². The lowest BCUT2D eigenvalue weighted by atomic mass is 10.1. The maximum absolute atomic E-state index is 12.0. The van der Waals surface area contributed by atoms with E-state index in [1.807, 2.05) is 31.6 Å².